The van der Waals surface area contributed by atoms with E-state index in [0.717, 1.165) is 28.5 Å². The van der Waals surface area contributed by atoms with Gasteiger partial charge in [-0.1, -0.05) is 12.1 Å². The predicted molar refractivity (Wildman–Crippen MR) is 77.8 cm³/mol. The summed E-state index contributed by atoms with van der Waals surface area (Å²) in [7, 11) is 3.54. The lowest BCUT2D eigenvalue weighted by Crippen LogP contribution is -2.21. The van der Waals surface area contributed by atoms with Crippen molar-refractivity contribution in [2.45, 2.75) is 6.10 Å². The lowest BCUT2D eigenvalue weighted by Gasteiger charge is -2.27. The molecular weight excluding hydrogens is 254 g/mol. The van der Waals surface area contributed by atoms with Crippen LogP contribution < -0.4 is 19.5 Å². The van der Waals surface area contributed by atoms with Crippen molar-refractivity contribution in [2.24, 2.45) is 0 Å². The first-order valence-corrected chi connectivity index (χ1v) is 6.55. The lowest BCUT2D eigenvalue weighted by atomic mass is 10.1. The van der Waals surface area contributed by atoms with E-state index in [1.165, 1.54) is 0 Å². The van der Waals surface area contributed by atoms with Gasteiger partial charge in [-0.3, -0.25) is 0 Å². The first-order chi connectivity index (χ1) is 9.80. The number of rotatable bonds is 3. The Morgan fingerprint density at radius 1 is 1.10 bits per heavy atom. The average molecular weight is 271 g/mol. The molecule has 104 valence electrons. The molecule has 0 amide bonds. The number of methoxy groups -OCH3 is 1. The van der Waals surface area contributed by atoms with E-state index in [1.54, 1.807) is 7.11 Å². The number of benzene rings is 2. The molecule has 1 unspecified atom stereocenters. The molecule has 0 aliphatic carbocycles. The highest BCUT2D eigenvalue weighted by Gasteiger charge is 2.22. The number of fused-ring (bicyclic) bond motifs is 1. The normalized spacial score (nSPS) is 16.6. The number of hydrogen-bond acceptors (Lipinski definition) is 4. The van der Waals surface area contributed by atoms with Crippen LogP contribution in [-0.4, -0.2) is 20.8 Å². The van der Waals surface area contributed by atoms with Crippen LogP contribution in [0.25, 0.3) is 0 Å². The molecule has 2 aromatic carbocycles. The van der Waals surface area contributed by atoms with Crippen LogP contribution in [0.15, 0.2) is 42.5 Å². The Kier molecular flexibility index (Phi) is 3.37. The summed E-state index contributed by atoms with van der Waals surface area (Å²) in [6, 6.07) is 13.7. The maximum atomic E-state index is 6.00. The van der Waals surface area contributed by atoms with Crippen molar-refractivity contribution in [3.63, 3.8) is 0 Å². The molecular formula is C16H17NO3. The molecule has 2 aromatic rings. The monoisotopic (exact) mass is 271 g/mol. The van der Waals surface area contributed by atoms with E-state index >= 15 is 0 Å². The molecule has 0 saturated heterocycles. The van der Waals surface area contributed by atoms with Crippen molar-refractivity contribution in [3.8, 4) is 17.2 Å². The van der Waals surface area contributed by atoms with Crippen molar-refractivity contribution in [1.82, 2.24) is 0 Å². The van der Waals surface area contributed by atoms with Gasteiger partial charge in [0, 0.05) is 18.8 Å². The van der Waals surface area contributed by atoms with Crippen LogP contribution in [0, 0.1) is 0 Å². The minimum absolute atomic E-state index is 0.0890. The van der Waals surface area contributed by atoms with Crippen molar-refractivity contribution in [2.75, 3.05) is 26.1 Å². The topological polar surface area (TPSA) is 39.7 Å². The first-order valence-electron chi connectivity index (χ1n) is 6.55. The van der Waals surface area contributed by atoms with E-state index in [4.69, 9.17) is 14.2 Å². The summed E-state index contributed by atoms with van der Waals surface area (Å²) in [5.41, 5.74) is 2.09. The van der Waals surface area contributed by atoms with Gasteiger partial charge in [0.1, 0.15) is 12.4 Å². The minimum Gasteiger partial charge on any atom is -0.497 e. The third-order valence-corrected chi connectivity index (χ3v) is 3.38. The van der Waals surface area contributed by atoms with Crippen molar-refractivity contribution < 1.29 is 14.2 Å². The van der Waals surface area contributed by atoms with Gasteiger partial charge in [-0.15, -0.1) is 0 Å². The molecule has 20 heavy (non-hydrogen) atoms. The van der Waals surface area contributed by atoms with Crippen LogP contribution in [0.2, 0.25) is 0 Å². The fraction of sp³-hybridized carbons (Fsp3) is 0.250. The third-order valence-electron chi connectivity index (χ3n) is 3.38. The van der Waals surface area contributed by atoms with Crippen LogP contribution in [0.3, 0.4) is 0 Å². The van der Waals surface area contributed by atoms with E-state index < -0.39 is 0 Å². The molecule has 0 bridgehead atoms. The van der Waals surface area contributed by atoms with Gasteiger partial charge in [-0.25, -0.2) is 0 Å². The molecule has 1 heterocycles. The Hall–Kier alpha value is -2.36. The number of anilines is 1. The summed E-state index contributed by atoms with van der Waals surface area (Å²) in [6.07, 6.45) is -0.0890. The molecule has 1 aliphatic rings. The van der Waals surface area contributed by atoms with Gasteiger partial charge < -0.3 is 19.5 Å². The Labute approximate surface area is 118 Å². The highest BCUT2D eigenvalue weighted by atomic mass is 16.6. The van der Waals surface area contributed by atoms with E-state index in [1.807, 2.05) is 49.5 Å². The van der Waals surface area contributed by atoms with Gasteiger partial charge in [-0.2, -0.15) is 0 Å². The molecule has 3 rings (SSSR count). The second-order valence-electron chi connectivity index (χ2n) is 4.60. The summed E-state index contributed by atoms with van der Waals surface area (Å²) >= 11 is 0. The van der Waals surface area contributed by atoms with E-state index in [0.29, 0.717) is 6.61 Å². The van der Waals surface area contributed by atoms with Gasteiger partial charge in [0.05, 0.1) is 7.11 Å². The molecule has 1 atom stereocenters. The zero-order valence-corrected chi connectivity index (χ0v) is 11.6. The first kappa shape index (κ1) is 12.7. The van der Waals surface area contributed by atoms with Gasteiger partial charge in [-0.05, 0) is 29.8 Å². The smallest absolute Gasteiger partial charge is 0.163 e. The predicted octanol–water partition coefficient (Wildman–Crippen LogP) is 3.25. The Bertz CT molecular complexity index is 595. The van der Waals surface area contributed by atoms with Gasteiger partial charge in [0.15, 0.2) is 17.6 Å². The minimum atomic E-state index is -0.0890. The van der Waals surface area contributed by atoms with E-state index in [-0.39, 0.29) is 6.10 Å². The van der Waals surface area contributed by atoms with Crippen molar-refractivity contribution in [3.05, 3.63) is 48.0 Å². The molecule has 0 spiro atoms. The Balaban J connectivity index is 1.80. The maximum absolute atomic E-state index is 6.00. The Morgan fingerprint density at radius 3 is 2.60 bits per heavy atom. The van der Waals surface area contributed by atoms with E-state index in [2.05, 4.69) is 5.32 Å². The van der Waals surface area contributed by atoms with Crippen LogP contribution in [0.1, 0.15) is 11.7 Å². The second kappa shape index (κ2) is 5.33. The Morgan fingerprint density at radius 2 is 1.90 bits per heavy atom. The van der Waals surface area contributed by atoms with Crippen LogP contribution in [-0.2, 0) is 0 Å². The zero-order chi connectivity index (χ0) is 13.9. The molecule has 1 aliphatic heterocycles. The van der Waals surface area contributed by atoms with Crippen molar-refractivity contribution in [1.29, 1.82) is 0 Å². The summed E-state index contributed by atoms with van der Waals surface area (Å²) in [4.78, 5) is 0. The summed E-state index contributed by atoms with van der Waals surface area (Å²) < 4.78 is 16.9. The zero-order valence-electron chi connectivity index (χ0n) is 11.6. The standard InChI is InChI=1S/C16H17NO3/c1-17-12-5-8-14-15(9-12)19-10-16(20-14)11-3-6-13(18-2)7-4-11/h3-9,16-17H,10H2,1-2H3. The van der Waals surface area contributed by atoms with Crippen LogP contribution in [0.4, 0.5) is 5.69 Å². The fourth-order valence-corrected chi connectivity index (χ4v) is 2.21. The summed E-state index contributed by atoms with van der Waals surface area (Å²) in [6.45, 7) is 0.506. The maximum Gasteiger partial charge on any atom is 0.163 e. The van der Waals surface area contributed by atoms with Gasteiger partial charge in [0.2, 0.25) is 0 Å². The van der Waals surface area contributed by atoms with Crippen LogP contribution >= 0.6 is 0 Å². The highest BCUT2D eigenvalue weighted by Crippen LogP contribution is 2.38. The van der Waals surface area contributed by atoms with Gasteiger partial charge in [0.25, 0.3) is 0 Å². The van der Waals surface area contributed by atoms with Crippen LogP contribution in [0.5, 0.6) is 17.2 Å². The number of nitrogens with one attached hydrogen (secondary N) is 1. The molecule has 0 saturated carbocycles. The molecule has 1 N–H and O–H groups in total. The molecule has 4 heteroatoms. The third kappa shape index (κ3) is 2.37. The largest absolute Gasteiger partial charge is 0.497 e. The molecule has 4 nitrogen and oxygen atoms in total. The lowest BCUT2D eigenvalue weighted by molar-refractivity contribution is 0.0913. The second-order valence-corrected chi connectivity index (χ2v) is 4.60. The van der Waals surface area contributed by atoms with Crippen molar-refractivity contribution >= 4 is 5.69 Å². The average Bonchev–Trinajstić information content (AvgIpc) is 2.54. The summed E-state index contributed by atoms with van der Waals surface area (Å²) in [5, 5.41) is 3.08. The quantitative estimate of drug-likeness (QED) is 0.930. The summed E-state index contributed by atoms with van der Waals surface area (Å²) in [5.74, 6) is 2.39. The molecule has 0 fully saturated rings. The number of hydrogen-bond donors (Lipinski definition) is 1. The number of ether oxygens (including phenoxy) is 3. The fourth-order valence-electron chi connectivity index (χ4n) is 2.21. The highest BCUT2D eigenvalue weighted by molar-refractivity contribution is 5.55. The van der Waals surface area contributed by atoms with E-state index in [9.17, 15) is 0 Å². The molecule has 0 radical (unpaired) electrons. The molecule has 0 aromatic heterocycles. The SMILES string of the molecule is CNc1ccc2c(c1)OCC(c1ccc(OC)cc1)O2. The van der Waals surface area contributed by atoms with Gasteiger partial charge >= 0.3 is 0 Å².